The summed E-state index contributed by atoms with van der Waals surface area (Å²) in [5.41, 5.74) is 3.05. The fourth-order valence-electron chi connectivity index (χ4n) is 8.82. The van der Waals surface area contributed by atoms with Crippen LogP contribution in [0.4, 0.5) is 0 Å². The molecule has 6 heteroatoms. The molecule has 8 atom stereocenters. The Morgan fingerprint density at radius 1 is 1.00 bits per heavy atom. The van der Waals surface area contributed by atoms with Gasteiger partial charge in [0, 0.05) is 12.0 Å². The molecule has 4 fully saturated rings. The van der Waals surface area contributed by atoms with Crippen LogP contribution in [0.3, 0.4) is 0 Å². The Hall–Kier alpha value is -0.883. The zero-order valence-electron chi connectivity index (χ0n) is 21.7. The summed E-state index contributed by atoms with van der Waals surface area (Å²) in [4.78, 5) is 10.4. The second kappa shape index (κ2) is 8.72. The van der Waals surface area contributed by atoms with Crippen molar-refractivity contribution in [2.75, 3.05) is 14.2 Å². The average molecular weight is 463 g/mol. The maximum atomic E-state index is 7.11. The predicted octanol–water partition coefficient (Wildman–Crippen LogP) is 6.50. The summed E-state index contributed by atoms with van der Waals surface area (Å²) in [5, 5.41) is 8.78. The molecular formula is C26H46N2O3Si. The van der Waals surface area contributed by atoms with Gasteiger partial charge in [0.15, 0.2) is 8.32 Å². The van der Waals surface area contributed by atoms with E-state index in [0.717, 1.165) is 24.7 Å². The lowest BCUT2D eigenvalue weighted by Gasteiger charge is -2.63. The summed E-state index contributed by atoms with van der Waals surface area (Å²) in [7, 11) is 1.69. The van der Waals surface area contributed by atoms with Crippen molar-refractivity contribution in [3.05, 3.63) is 0 Å². The topological polar surface area (TPSA) is 52.4 Å². The van der Waals surface area contributed by atoms with E-state index in [9.17, 15) is 0 Å². The second-order valence-corrected chi connectivity index (χ2v) is 17.1. The first kappa shape index (κ1) is 24.2. The molecule has 4 aliphatic carbocycles. The van der Waals surface area contributed by atoms with Crippen LogP contribution < -0.4 is 0 Å². The van der Waals surface area contributed by atoms with Gasteiger partial charge in [0.25, 0.3) is 0 Å². The molecular weight excluding hydrogens is 416 g/mol. The Labute approximate surface area is 196 Å². The van der Waals surface area contributed by atoms with E-state index in [1.165, 1.54) is 49.9 Å². The van der Waals surface area contributed by atoms with Gasteiger partial charge < -0.3 is 14.1 Å². The lowest BCUT2D eigenvalue weighted by Crippen LogP contribution is -2.61. The van der Waals surface area contributed by atoms with Gasteiger partial charge in [-0.05, 0) is 112 Å². The Morgan fingerprint density at radius 3 is 2.41 bits per heavy atom. The summed E-state index contributed by atoms with van der Waals surface area (Å²) in [6, 6.07) is 0. The molecule has 8 unspecified atom stereocenters. The quantitative estimate of drug-likeness (QED) is 0.266. The first-order chi connectivity index (χ1) is 15.0. The maximum Gasteiger partial charge on any atom is 0.184 e. The molecule has 0 aromatic rings. The van der Waals surface area contributed by atoms with Crippen LogP contribution >= 0.6 is 0 Å². The van der Waals surface area contributed by atoms with Crippen molar-refractivity contribution in [3.8, 4) is 0 Å². The zero-order chi connectivity index (χ0) is 23.3. The molecule has 0 spiro atoms. The number of fused-ring (bicyclic) bond motifs is 5. The molecule has 0 bridgehead atoms. The van der Waals surface area contributed by atoms with Gasteiger partial charge in [-0.15, -0.1) is 0 Å². The third-order valence-corrected chi connectivity index (χ3v) is 10.9. The largest absolute Gasteiger partial charge is 0.414 e. The standard InChI is InChI=1S/C26H46N2O3Si/c1-17(27-29-4)21-11-12-22-20-10-9-18-15-19(28-30-5)13-14-25(18,2)24(20)23(16-26(21,22)3)31-32(6,7)8/h18,20-24H,9-16H2,1-8H3. The van der Waals surface area contributed by atoms with Gasteiger partial charge in [-0.3, -0.25) is 0 Å². The van der Waals surface area contributed by atoms with Gasteiger partial charge in [-0.1, -0.05) is 24.2 Å². The Bertz CT molecular complexity index is 763. The van der Waals surface area contributed by atoms with Crippen molar-refractivity contribution < 1.29 is 14.1 Å². The summed E-state index contributed by atoms with van der Waals surface area (Å²) in [6.45, 7) is 14.4. The number of hydrogen-bond acceptors (Lipinski definition) is 5. The molecule has 0 heterocycles. The molecule has 4 aliphatic rings. The molecule has 0 radical (unpaired) electrons. The third kappa shape index (κ3) is 4.08. The van der Waals surface area contributed by atoms with Gasteiger partial charge in [-0.2, -0.15) is 0 Å². The molecule has 0 N–H and O–H groups in total. The molecule has 0 saturated heterocycles. The minimum Gasteiger partial charge on any atom is -0.414 e. The number of hydrogen-bond donors (Lipinski definition) is 0. The maximum absolute atomic E-state index is 7.11. The van der Waals surface area contributed by atoms with Crippen LogP contribution in [0, 0.1) is 40.4 Å². The fourth-order valence-corrected chi connectivity index (χ4v) is 9.96. The Morgan fingerprint density at radius 2 is 1.75 bits per heavy atom. The van der Waals surface area contributed by atoms with Crippen molar-refractivity contribution in [2.24, 2.45) is 50.7 Å². The van der Waals surface area contributed by atoms with Crippen LogP contribution in [0.5, 0.6) is 0 Å². The molecule has 5 nitrogen and oxygen atoms in total. The predicted molar refractivity (Wildman–Crippen MR) is 133 cm³/mol. The first-order valence-electron chi connectivity index (χ1n) is 12.9. The first-order valence-corrected chi connectivity index (χ1v) is 16.3. The fraction of sp³-hybridized carbons (Fsp3) is 0.923. The Kier molecular flexibility index (Phi) is 6.61. The van der Waals surface area contributed by atoms with E-state index in [4.69, 9.17) is 14.1 Å². The molecule has 32 heavy (non-hydrogen) atoms. The molecule has 4 saturated carbocycles. The van der Waals surface area contributed by atoms with Gasteiger partial charge >= 0.3 is 0 Å². The van der Waals surface area contributed by atoms with Crippen molar-refractivity contribution in [3.63, 3.8) is 0 Å². The average Bonchev–Trinajstić information content (AvgIpc) is 3.04. The number of oxime groups is 2. The molecule has 0 aromatic heterocycles. The second-order valence-electron chi connectivity index (χ2n) is 12.6. The molecule has 0 aliphatic heterocycles. The van der Waals surface area contributed by atoms with E-state index in [1.54, 1.807) is 14.2 Å². The highest BCUT2D eigenvalue weighted by molar-refractivity contribution is 6.69. The van der Waals surface area contributed by atoms with E-state index in [2.05, 4.69) is 50.7 Å². The van der Waals surface area contributed by atoms with E-state index < -0.39 is 8.32 Å². The van der Waals surface area contributed by atoms with Gasteiger partial charge in [0.2, 0.25) is 0 Å². The van der Waals surface area contributed by atoms with Crippen LogP contribution in [0.15, 0.2) is 10.3 Å². The van der Waals surface area contributed by atoms with Crippen LogP contribution in [-0.4, -0.2) is 40.1 Å². The minimum absolute atomic E-state index is 0.262. The van der Waals surface area contributed by atoms with Crippen LogP contribution in [-0.2, 0) is 14.1 Å². The zero-order valence-corrected chi connectivity index (χ0v) is 22.7. The van der Waals surface area contributed by atoms with Gasteiger partial charge in [0.05, 0.1) is 11.4 Å². The lowest BCUT2D eigenvalue weighted by atomic mass is 9.44. The normalized spacial score (nSPS) is 45.8. The Balaban J connectivity index is 1.70. The van der Waals surface area contributed by atoms with E-state index in [1.807, 2.05) is 0 Å². The highest BCUT2D eigenvalue weighted by Gasteiger charge is 2.64. The van der Waals surface area contributed by atoms with E-state index >= 15 is 0 Å². The summed E-state index contributed by atoms with van der Waals surface area (Å²) in [6.07, 6.45) is 10.2. The molecule has 0 aromatic carbocycles. The van der Waals surface area contributed by atoms with Crippen molar-refractivity contribution >= 4 is 19.7 Å². The van der Waals surface area contributed by atoms with Crippen LogP contribution in [0.2, 0.25) is 19.6 Å². The summed E-state index contributed by atoms with van der Waals surface area (Å²) in [5.74, 6) is 3.41. The molecule has 182 valence electrons. The van der Waals surface area contributed by atoms with Gasteiger partial charge in [0.1, 0.15) is 14.2 Å². The smallest absolute Gasteiger partial charge is 0.184 e. The highest BCUT2D eigenvalue weighted by Crippen LogP contribution is 2.68. The minimum atomic E-state index is -1.68. The lowest BCUT2D eigenvalue weighted by molar-refractivity contribution is -0.153. The monoisotopic (exact) mass is 462 g/mol. The van der Waals surface area contributed by atoms with Crippen molar-refractivity contribution in [2.45, 2.75) is 97.9 Å². The number of nitrogens with zero attached hydrogens (tertiary/aromatic N) is 2. The highest BCUT2D eigenvalue weighted by atomic mass is 28.4. The SMILES string of the molecule is CON=C1CCC2(C)C(CCC3C4CCC(C(C)=NOC)C4(C)CC(O[Si](C)(C)C)C32)C1. The van der Waals surface area contributed by atoms with Crippen LogP contribution in [0.25, 0.3) is 0 Å². The third-order valence-electron chi connectivity index (χ3n) is 9.87. The van der Waals surface area contributed by atoms with E-state index in [-0.39, 0.29) is 5.41 Å². The van der Waals surface area contributed by atoms with Crippen molar-refractivity contribution in [1.29, 1.82) is 0 Å². The molecule has 0 amide bonds. The van der Waals surface area contributed by atoms with Crippen LogP contribution in [0.1, 0.15) is 72.1 Å². The summed E-state index contributed by atoms with van der Waals surface area (Å²) < 4.78 is 7.11. The summed E-state index contributed by atoms with van der Waals surface area (Å²) >= 11 is 0. The molecule has 4 rings (SSSR count). The van der Waals surface area contributed by atoms with Gasteiger partial charge in [-0.25, -0.2) is 0 Å². The van der Waals surface area contributed by atoms with E-state index in [0.29, 0.717) is 29.3 Å². The van der Waals surface area contributed by atoms with Crippen molar-refractivity contribution in [1.82, 2.24) is 0 Å². The number of rotatable bonds is 5.